The Balaban J connectivity index is 2.15. The maximum Gasteiger partial charge on any atom is 0.256 e. The van der Waals surface area contributed by atoms with Crippen molar-refractivity contribution in [3.63, 3.8) is 0 Å². The van der Waals surface area contributed by atoms with Gasteiger partial charge in [0.05, 0.1) is 11.3 Å². The van der Waals surface area contributed by atoms with E-state index in [-0.39, 0.29) is 5.56 Å². The summed E-state index contributed by atoms with van der Waals surface area (Å²) in [7, 11) is 0. The molecule has 0 saturated heterocycles. The summed E-state index contributed by atoms with van der Waals surface area (Å²) >= 11 is 1.65. The summed E-state index contributed by atoms with van der Waals surface area (Å²) in [6.45, 7) is 4.08. The van der Waals surface area contributed by atoms with E-state index in [0.717, 1.165) is 6.42 Å². The molecule has 106 valence electrons. The van der Waals surface area contributed by atoms with Gasteiger partial charge in [0, 0.05) is 4.90 Å². The lowest BCUT2D eigenvalue weighted by Crippen LogP contribution is -2.19. The lowest BCUT2D eigenvalue weighted by Gasteiger charge is -2.07. The van der Waals surface area contributed by atoms with Crippen LogP contribution in [-0.4, -0.2) is 9.97 Å². The third kappa shape index (κ3) is 3.42. The number of rotatable bonds is 5. The summed E-state index contributed by atoms with van der Waals surface area (Å²) in [5, 5.41) is 0. The molecule has 1 aromatic carbocycles. The number of nitrogen functional groups attached to an aromatic ring is 1. The summed E-state index contributed by atoms with van der Waals surface area (Å²) in [6.07, 6.45) is 1.55. The fourth-order valence-corrected chi connectivity index (χ4v) is 2.89. The lowest BCUT2D eigenvalue weighted by molar-refractivity contribution is 0.874. The minimum Gasteiger partial charge on any atom is -0.383 e. The molecule has 0 spiro atoms. The van der Waals surface area contributed by atoms with Crippen LogP contribution >= 0.6 is 11.8 Å². The summed E-state index contributed by atoms with van der Waals surface area (Å²) in [5.41, 5.74) is 7.57. The monoisotopic (exact) mass is 289 g/mol. The molecule has 0 unspecified atom stereocenters. The zero-order valence-corrected chi connectivity index (χ0v) is 12.6. The Bertz CT molecular complexity index is 652. The van der Waals surface area contributed by atoms with Gasteiger partial charge in [-0.05, 0) is 25.0 Å². The van der Waals surface area contributed by atoms with Gasteiger partial charge in [-0.15, -0.1) is 11.8 Å². The van der Waals surface area contributed by atoms with E-state index in [4.69, 9.17) is 5.73 Å². The number of anilines is 1. The van der Waals surface area contributed by atoms with Crippen LogP contribution in [0.15, 0.2) is 34.0 Å². The number of hydrogen-bond donors (Lipinski definition) is 2. The number of hydrogen-bond acceptors (Lipinski definition) is 4. The van der Waals surface area contributed by atoms with E-state index in [0.29, 0.717) is 29.4 Å². The zero-order chi connectivity index (χ0) is 14.5. The normalized spacial score (nSPS) is 10.7. The minimum atomic E-state index is -0.111. The first-order valence-electron chi connectivity index (χ1n) is 6.67. The van der Waals surface area contributed by atoms with E-state index in [1.165, 1.54) is 10.5 Å². The molecule has 20 heavy (non-hydrogen) atoms. The first-order valence-corrected chi connectivity index (χ1v) is 7.66. The van der Waals surface area contributed by atoms with Gasteiger partial charge in [0.15, 0.2) is 0 Å². The second kappa shape index (κ2) is 6.61. The third-order valence-electron chi connectivity index (χ3n) is 3.05. The Labute approximate surface area is 122 Å². The van der Waals surface area contributed by atoms with Crippen LogP contribution in [0, 0.1) is 6.92 Å². The molecule has 4 nitrogen and oxygen atoms in total. The van der Waals surface area contributed by atoms with Crippen LogP contribution in [0.25, 0.3) is 0 Å². The molecule has 3 N–H and O–H groups in total. The fourth-order valence-electron chi connectivity index (χ4n) is 1.99. The van der Waals surface area contributed by atoms with Crippen molar-refractivity contribution in [2.45, 2.75) is 37.3 Å². The van der Waals surface area contributed by atoms with Crippen molar-refractivity contribution in [2.24, 2.45) is 0 Å². The molecule has 0 saturated carbocycles. The molecule has 1 heterocycles. The number of benzene rings is 1. The number of H-pyrrole nitrogens is 1. The smallest absolute Gasteiger partial charge is 0.256 e. The number of aromatic amines is 1. The Hall–Kier alpha value is -1.75. The summed E-state index contributed by atoms with van der Waals surface area (Å²) in [5.74, 6) is 1.59. The molecule has 0 radical (unpaired) electrons. The van der Waals surface area contributed by atoms with Gasteiger partial charge in [0.1, 0.15) is 11.6 Å². The molecule has 0 bridgehead atoms. The number of thioether (sulfide) groups is 1. The van der Waals surface area contributed by atoms with Gasteiger partial charge in [0.2, 0.25) is 0 Å². The quantitative estimate of drug-likeness (QED) is 0.830. The maximum absolute atomic E-state index is 11.9. The van der Waals surface area contributed by atoms with Gasteiger partial charge in [-0.25, -0.2) is 4.98 Å². The van der Waals surface area contributed by atoms with Crippen molar-refractivity contribution >= 4 is 17.6 Å². The topological polar surface area (TPSA) is 71.8 Å². The van der Waals surface area contributed by atoms with Crippen LogP contribution in [0.5, 0.6) is 0 Å². The van der Waals surface area contributed by atoms with Gasteiger partial charge in [0.25, 0.3) is 5.56 Å². The Morgan fingerprint density at radius 1 is 1.35 bits per heavy atom. The Kier molecular flexibility index (Phi) is 4.84. The van der Waals surface area contributed by atoms with Crippen LogP contribution in [-0.2, 0) is 12.2 Å². The van der Waals surface area contributed by atoms with Crippen LogP contribution in [0.4, 0.5) is 5.82 Å². The van der Waals surface area contributed by atoms with Gasteiger partial charge >= 0.3 is 0 Å². The number of nitrogens with two attached hydrogens (primary N) is 1. The molecule has 0 aliphatic carbocycles. The third-order valence-corrected chi connectivity index (χ3v) is 4.24. The molecule has 0 atom stereocenters. The average Bonchev–Trinajstić information content (AvgIpc) is 2.42. The number of nitrogens with zero attached hydrogens (tertiary/aromatic N) is 1. The number of nitrogens with one attached hydrogen (secondary N) is 1. The SMILES string of the molecule is CCCc1c(N)nc(CSc2ccccc2C)[nH]c1=O. The van der Waals surface area contributed by atoms with Crippen molar-refractivity contribution in [2.75, 3.05) is 5.73 Å². The van der Waals surface area contributed by atoms with Crippen LogP contribution in [0.1, 0.15) is 30.3 Å². The second-order valence-electron chi connectivity index (χ2n) is 4.68. The van der Waals surface area contributed by atoms with E-state index >= 15 is 0 Å². The van der Waals surface area contributed by atoms with E-state index in [9.17, 15) is 4.79 Å². The van der Waals surface area contributed by atoms with E-state index in [2.05, 4.69) is 29.0 Å². The van der Waals surface area contributed by atoms with Crippen molar-refractivity contribution in [3.05, 3.63) is 51.6 Å². The average molecular weight is 289 g/mol. The Morgan fingerprint density at radius 2 is 2.10 bits per heavy atom. The molecule has 0 aliphatic rings. The highest BCUT2D eigenvalue weighted by Gasteiger charge is 2.08. The number of aryl methyl sites for hydroxylation is 1. The van der Waals surface area contributed by atoms with E-state index in [1.807, 2.05) is 19.1 Å². The molecule has 5 heteroatoms. The lowest BCUT2D eigenvalue weighted by atomic mass is 10.2. The molecule has 1 aromatic heterocycles. The van der Waals surface area contributed by atoms with Crippen LogP contribution in [0.2, 0.25) is 0 Å². The van der Waals surface area contributed by atoms with Gasteiger partial charge in [-0.1, -0.05) is 31.5 Å². The molecular weight excluding hydrogens is 270 g/mol. The summed E-state index contributed by atoms with van der Waals surface area (Å²) < 4.78 is 0. The molecule has 0 amide bonds. The number of aromatic nitrogens is 2. The summed E-state index contributed by atoms with van der Waals surface area (Å²) in [6, 6.07) is 8.14. The van der Waals surface area contributed by atoms with E-state index in [1.54, 1.807) is 11.8 Å². The molecule has 0 fully saturated rings. The van der Waals surface area contributed by atoms with Crippen molar-refractivity contribution in [1.82, 2.24) is 9.97 Å². The Morgan fingerprint density at radius 3 is 2.75 bits per heavy atom. The predicted molar refractivity (Wildman–Crippen MR) is 84.0 cm³/mol. The summed E-state index contributed by atoms with van der Waals surface area (Å²) in [4.78, 5) is 20.3. The first-order chi connectivity index (χ1) is 9.61. The molecular formula is C15H19N3OS. The second-order valence-corrected chi connectivity index (χ2v) is 5.70. The molecule has 2 aromatic rings. The predicted octanol–water partition coefficient (Wildman–Crippen LogP) is 2.91. The van der Waals surface area contributed by atoms with Crippen LogP contribution in [0.3, 0.4) is 0 Å². The van der Waals surface area contributed by atoms with Gasteiger partial charge in [-0.3, -0.25) is 4.79 Å². The van der Waals surface area contributed by atoms with Gasteiger partial charge < -0.3 is 10.7 Å². The maximum atomic E-state index is 11.9. The van der Waals surface area contributed by atoms with Crippen molar-refractivity contribution < 1.29 is 0 Å². The van der Waals surface area contributed by atoms with Gasteiger partial charge in [-0.2, -0.15) is 0 Å². The minimum absolute atomic E-state index is 0.111. The van der Waals surface area contributed by atoms with Crippen molar-refractivity contribution in [1.29, 1.82) is 0 Å². The highest BCUT2D eigenvalue weighted by Crippen LogP contribution is 2.24. The first kappa shape index (κ1) is 14.7. The molecule has 0 aliphatic heterocycles. The standard InChI is InChI=1S/C15H19N3OS/c1-3-6-11-14(16)17-13(18-15(11)19)9-20-12-8-5-4-7-10(12)2/h4-5,7-8H,3,6,9H2,1-2H3,(H3,16,17,18,19). The van der Waals surface area contributed by atoms with E-state index < -0.39 is 0 Å². The van der Waals surface area contributed by atoms with Crippen LogP contribution < -0.4 is 11.3 Å². The fraction of sp³-hybridized carbons (Fsp3) is 0.333. The highest BCUT2D eigenvalue weighted by atomic mass is 32.2. The highest BCUT2D eigenvalue weighted by molar-refractivity contribution is 7.98. The zero-order valence-electron chi connectivity index (χ0n) is 11.8. The largest absolute Gasteiger partial charge is 0.383 e. The molecule has 2 rings (SSSR count). The van der Waals surface area contributed by atoms with Crippen molar-refractivity contribution in [3.8, 4) is 0 Å².